The smallest absolute Gasteiger partial charge is 0.231 e. The third kappa shape index (κ3) is 2.09. The molecule has 0 aliphatic carbocycles. The standard InChI is InChI=1S/C11H18N4O/c1-2-11(4-3-5-12-8-11)10(16)15-9-6-13-14-7-9/h6-7,12H,2-5,8H2,1H3,(H,13,14)(H,15,16). The SMILES string of the molecule is CCC1(C(=O)Nc2cn[nH]c2)CCCNC1. The second-order valence-electron chi connectivity index (χ2n) is 4.36. The summed E-state index contributed by atoms with van der Waals surface area (Å²) in [5, 5.41) is 12.7. The minimum absolute atomic E-state index is 0.101. The molecule has 1 unspecified atom stereocenters. The van der Waals surface area contributed by atoms with Gasteiger partial charge in [0.1, 0.15) is 0 Å². The Labute approximate surface area is 95.0 Å². The first-order valence-electron chi connectivity index (χ1n) is 5.78. The Morgan fingerprint density at radius 3 is 3.12 bits per heavy atom. The van der Waals surface area contributed by atoms with E-state index >= 15 is 0 Å². The van der Waals surface area contributed by atoms with E-state index in [9.17, 15) is 4.79 Å². The van der Waals surface area contributed by atoms with Crippen LogP contribution in [0.2, 0.25) is 0 Å². The highest BCUT2D eigenvalue weighted by Gasteiger charge is 2.37. The Bertz CT molecular complexity index is 341. The number of carbonyl (C=O) groups excluding carboxylic acids is 1. The zero-order valence-corrected chi connectivity index (χ0v) is 9.55. The second-order valence-corrected chi connectivity index (χ2v) is 4.36. The summed E-state index contributed by atoms with van der Waals surface area (Å²) in [6.07, 6.45) is 6.20. The van der Waals surface area contributed by atoms with Gasteiger partial charge >= 0.3 is 0 Å². The molecule has 0 saturated carbocycles. The molecule has 0 radical (unpaired) electrons. The van der Waals surface area contributed by atoms with Gasteiger partial charge in [0, 0.05) is 12.7 Å². The van der Waals surface area contributed by atoms with Crippen molar-refractivity contribution in [2.24, 2.45) is 5.41 Å². The summed E-state index contributed by atoms with van der Waals surface area (Å²) >= 11 is 0. The molecule has 1 aliphatic heterocycles. The molecule has 0 bridgehead atoms. The van der Waals surface area contributed by atoms with Gasteiger partial charge in [0.15, 0.2) is 0 Å². The van der Waals surface area contributed by atoms with Crippen molar-refractivity contribution < 1.29 is 4.79 Å². The first-order valence-corrected chi connectivity index (χ1v) is 5.78. The van der Waals surface area contributed by atoms with E-state index in [1.165, 1.54) is 0 Å². The summed E-state index contributed by atoms with van der Waals surface area (Å²) in [7, 11) is 0. The van der Waals surface area contributed by atoms with Crippen molar-refractivity contribution in [3.05, 3.63) is 12.4 Å². The van der Waals surface area contributed by atoms with Crippen LogP contribution in [0.3, 0.4) is 0 Å². The minimum Gasteiger partial charge on any atom is -0.323 e. The molecule has 2 rings (SSSR count). The van der Waals surface area contributed by atoms with Crippen LogP contribution >= 0.6 is 0 Å². The number of carbonyl (C=O) groups is 1. The number of hydrogen-bond donors (Lipinski definition) is 3. The molecule has 0 aromatic carbocycles. The predicted octanol–water partition coefficient (Wildman–Crippen LogP) is 1.13. The first kappa shape index (κ1) is 11.1. The lowest BCUT2D eigenvalue weighted by Crippen LogP contribution is -2.47. The number of aromatic nitrogens is 2. The Hall–Kier alpha value is -1.36. The zero-order valence-electron chi connectivity index (χ0n) is 9.55. The largest absolute Gasteiger partial charge is 0.323 e. The Balaban J connectivity index is 2.06. The summed E-state index contributed by atoms with van der Waals surface area (Å²) in [5.74, 6) is 0.101. The Morgan fingerprint density at radius 2 is 2.56 bits per heavy atom. The molecular formula is C11H18N4O. The lowest BCUT2D eigenvalue weighted by molar-refractivity contribution is -0.126. The minimum atomic E-state index is -0.254. The van der Waals surface area contributed by atoms with Crippen molar-refractivity contribution in [3.8, 4) is 0 Å². The number of anilines is 1. The van der Waals surface area contributed by atoms with Gasteiger partial charge in [-0.3, -0.25) is 9.89 Å². The van der Waals surface area contributed by atoms with Gasteiger partial charge in [-0.05, 0) is 25.8 Å². The molecule has 5 heteroatoms. The zero-order chi connectivity index (χ0) is 11.4. The monoisotopic (exact) mass is 222 g/mol. The molecule has 1 saturated heterocycles. The van der Waals surface area contributed by atoms with E-state index in [0.29, 0.717) is 0 Å². The Kier molecular flexibility index (Phi) is 3.24. The molecule has 0 spiro atoms. The molecule has 1 amide bonds. The van der Waals surface area contributed by atoms with E-state index in [4.69, 9.17) is 0 Å². The van der Waals surface area contributed by atoms with Crippen LogP contribution in [-0.4, -0.2) is 29.2 Å². The topological polar surface area (TPSA) is 69.8 Å². The number of amides is 1. The van der Waals surface area contributed by atoms with Gasteiger partial charge in [-0.2, -0.15) is 5.10 Å². The third-order valence-corrected chi connectivity index (χ3v) is 3.39. The highest BCUT2D eigenvalue weighted by atomic mass is 16.2. The van der Waals surface area contributed by atoms with Crippen LogP contribution in [0.4, 0.5) is 5.69 Å². The van der Waals surface area contributed by atoms with Gasteiger partial charge in [-0.25, -0.2) is 0 Å². The van der Waals surface area contributed by atoms with Gasteiger partial charge in [0.25, 0.3) is 0 Å². The van der Waals surface area contributed by atoms with Gasteiger partial charge in [-0.15, -0.1) is 0 Å². The molecule has 5 nitrogen and oxygen atoms in total. The van der Waals surface area contributed by atoms with E-state index in [0.717, 1.165) is 38.0 Å². The van der Waals surface area contributed by atoms with Crippen molar-refractivity contribution in [1.82, 2.24) is 15.5 Å². The summed E-state index contributed by atoms with van der Waals surface area (Å²) in [4.78, 5) is 12.2. The van der Waals surface area contributed by atoms with Crippen LogP contribution in [0.1, 0.15) is 26.2 Å². The molecule has 1 aliphatic rings. The quantitative estimate of drug-likeness (QED) is 0.718. The Morgan fingerprint density at radius 1 is 1.69 bits per heavy atom. The number of piperidine rings is 1. The van der Waals surface area contributed by atoms with E-state index in [2.05, 4.69) is 27.8 Å². The summed E-state index contributed by atoms with van der Waals surface area (Å²) in [6.45, 7) is 3.86. The van der Waals surface area contributed by atoms with Crippen molar-refractivity contribution in [2.75, 3.05) is 18.4 Å². The molecule has 1 aromatic heterocycles. The van der Waals surface area contributed by atoms with Crippen molar-refractivity contribution in [2.45, 2.75) is 26.2 Å². The van der Waals surface area contributed by atoms with Crippen LogP contribution < -0.4 is 10.6 Å². The first-order chi connectivity index (χ1) is 7.77. The average Bonchev–Trinajstić information content (AvgIpc) is 2.82. The van der Waals surface area contributed by atoms with Gasteiger partial charge < -0.3 is 10.6 Å². The number of aromatic amines is 1. The molecular weight excluding hydrogens is 204 g/mol. The number of hydrogen-bond acceptors (Lipinski definition) is 3. The fourth-order valence-electron chi connectivity index (χ4n) is 2.21. The fraction of sp³-hybridized carbons (Fsp3) is 0.636. The normalized spacial score (nSPS) is 25.3. The van der Waals surface area contributed by atoms with Crippen LogP contribution in [-0.2, 0) is 4.79 Å². The molecule has 1 atom stereocenters. The molecule has 2 heterocycles. The highest BCUT2D eigenvalue weighted by molar-refractivity contribution is 5.95. The molecule has 16 heavy (non-hydrogen) atoms. The van der Waals surface area contributed by atoms with Crippen molar-refractivity contribution >= 4 is 11.6 Å². The maximum atomic E-state index is 12.2. The maximum absolute atomic E-state index is 12.2. The summed E-state index contributed by atoms with van der Waals surface area (Å²) in [5.41, 5.74) is 0.485. The van der Waals surface area contributed by atoms with Gasteiger partial charge in [-0.1, -0.05) is 6.92 Å². The number of nitrogens with one attached hydrogen (secondary N) is 3. The van der Waals surface area contributed by atoms with Crippen LogP contribution in [0, 0.1) is 5.41 Å². The number of rotatable bonds is 3. The van der Waals surface area contributed by atoms with Crippen molar-refractivity contribution in [1.29, 1.82) is 0 Å². The molecule has 3 N–H and O–H groups in total. The van der Waals surface area contributed by atoms with Crippen LogP contribution in [0.25, 0.3) is 0 Å². The van der Waals surface area contributed by atoms with E-state index < -0.39 is 0 Å². The maximum Gasteiger partial charge on any atom is 0.231 e. The average molecular weight is 222 g/mol. The van der Waals surface area contributed by atoms with Crippen LogP contribution in [0.15, 0.2) is 12.4 Å². The summed E-state index contributed by atoms with van der Waals surface area (Å²) < 4.78 is 0. The number of nitrogens with zero attached hydrogens (tertiary/aromatic N) is 1. The van der Waals surface area contributed by atoms with E-state index in [1.807, 2.05) is 0 Å². The second kappa shape index (κ2) is 4.65. The van der Waals surface area contributed by atoms with Gasteiger partial charge in [0.2, 0.25) is 5.91 Å². The fourth-order valence-corrected chi connectivity index (χ4v) is 2.21. The van der Waals surface area contributed by atoms with Crippen molar-refractivity contribution in [3.63, 3.8) is 0 Å². The molecule has 88 valence electrons. The predicted molar refractivity (Wildman–Crippen MR) is 62.0 cm³/mol. The summed E-state index contributed by atoms with van der Waals surface area (Å²) in [6, 6.07) is 0. The highest BCUT2D eigenvalue weighted by Crippen LogP contribution is 2.31. The van der Waals surface area contributed by atoms with E-state index in [-0.39, 0.29) is 11.3 Å². The lowest BCUT2D eigenvalue weighted by atomic mass is 9.77. The molecule has 1 fully saturated rings. The van der Waals surface area contributed by atoms with E-state index in [1.54, 1.807) is 12.4 Å². The van der Waals surface area contributed by atoms with Crippen LogP contribution in [0.5, 0.6) is 0 Å². The molecule has 1 aromatic rings. The third-order valence-electron chi connectivity index (χ3n) is 3.39. The van der Waals surface area contributed by atoms with Gasteiger partial charge in [0.05, 0.1) is 17.3 Å². The number of H-pyrrole nitrogens is 1. The lowest BCUT2D eigenvalue weighted by Gasteiger charge is -2.35.